The number of hydrogen-bond donors (Lipinski definition) is 2. The van der Waals surface area contributed by atoms with Crippen LogP contribution in [0.25, 0.3) is 0 Å². The first-order chi connectivity index (χ1) is 9.24. The fourth-order valence-corrected chi connectivity index (χ4v) is 2.90. The minimum atomic E-state index is -0.285. The number of nitrogens with zero attached hydrogens (tertiary/aromatic N) is 1. The van der Waals surface area contributed by atoms with Gasteiger partial charge in [-0.05, 0) is 32.4 Å². The van der Waals surface area contributed by atoms with E-state index in [0.717, 1.165) is 25.9 Å². The van der Waals surface area contributed by atoms with Gasteiger partial charge in [-0.25, -0.2) is 0 Å². The number of hydrogen-bond acceptors (Lipinski definition) is 4. The molecule has 2 rings (SSSR count). The summed E-state index contributed by atoms with van der Waals surface area (Å²) in [6.45, 7) is 2.85. The van der Waals surface area contributed by atoms with Gasteiger partial charge >= 0.3 is 0 Å². The zero-order valence-electron chi connectivity index (χ0n) is 11.9. The first kappa shape index (κ1) is 17.2. The van der Waals surface area contributed by atoms with Gasteiger partial charge in [0.05, 0.1) is 6.61 Å². The van der Waals surface area contributed by atoms with Crippen molar-refractivity contribution in [3.05, 3.63) is 0 Å². The van der Waals surface area contributed by atoms with E-state index in [1.807, 2.05) is 4.90 Å². The monoisotopic (exact) mass is 305 g/mol. The second kappa shape index (κ2) is 8.44. The maximum absolute atomic E-state index is 12.1. The molecule has 1 atom stereocenters. The zero-order chi connectivity index (χ0) is 13.7. The van der Waals surface area contributed by atoms with E-state index in [9.17, 15) is 9.59 Å². The lowest BCUT2D eigenvalue weighted by Crippen LogP contribution is -2.52. The second-order valence-electron chi connectivity index (χ2n) is 5.12. The van der Waals surface area contributed by atoms with E-state index in [4.69, 9.17) is 4.74 Å². The lowest BCUT2D eigenvalue weighted by Gasteiger charge is -2.35. The fourth-order valence-electron chi connectivity index (χ4n) is 2.90. The van der Waals surface area contributed by atoms with Gasteiger partial charge < -0.3 is 20.3 Å². The third kappa shape index (κ3) is 4.07. The van der Waals surface area contributed by atoms with Crippen LogP contribution in [0.4, 0.5) is 0 Å². The van der Waals surface area contributed by atoms with Crippen LogP contribution in [0.3, 0.4) is 0 Å². The van der Waals surface area contributed by atoms with Gasteiger partial charge in [0, 0.05) is 26.1 Å². The van der Waals surface area contributed by atoms with Crippen LogP contribution in [0.15, 0.2) is 0 Å². The summed E-state index contributed by atoms with van der Waals surface area (Å²) in [6, 6.07) is -0.0677. The molecular weight excluding hydrogens is 282 g/mol. The summed E-state index contributed by atoms with van der Waals surface area (Å²) >= 11 is 0. The summed E-state index contributed by atoms with van der Waals surface area (Å²) in [5.41, 5.74) is 0. The molecule has 6 nitrogen and oxygen atoms in total. The topological polar surface area (TPSA) is 70.7 Å². The van der Waals surface area contributed by atoms with Crippen LogP contribution in [-0.4, -0.2) is 62.1 Å². The quantitative estimate of drug-likeness (QED) is 0.697. The number of amides is 2. The highest BCUT2D eigenvalue weighted by Crippen LogP contribution is 2.25. The fraction of sp³-hybridized carbons (Fsp3) is 0.846. The minimum Gasteiger partial charge on any atom is -0.383 e. The number of methoxy groups -OCH3 is 1. The van der Waals surface area contributed by atoms with Gasteiger partial charge in [0.15, 0.2) is 0 Å². The van der Waals surface area contributed by atoms with E-state index in [2.05, 4.69) is 10.6 Å². The van der Waals surface area contributed by atoms with Crippen molar-refractivity contribution in [1.29, 1.82) is 0 Å². The maximum atomic E-state index is 12.1. The lowest BCUT2D eigenvalue weighted by atomic mass is 10.0. The molecule has 2 fully saturated rings. The summed E-state index contributed by atoms with van der Waals surface area (Å²) in [4.78, 5) is 26.0. The van der Waals surface area contributed by atoms with E-state index in [-0.39, 0.29) is 36.3 Å². The lowest BCUT2D eigenvalue weighted by molar-refractivity contribution is -0.138. The first-order valence-corrected chi connectivity index (χ1v) is 7.02. The number of halogens is 1. The summed E-state index contributed by atoms with van der Waals surface area (Å²) < 4.78 is 4.92. The number of carbonyl (C=O) groups is 2. The van der Waals surface area contributed by atoms with Crippen molar-refractivity contribution in [2.75, 3.05) is 33.4 Å². The van der Waals surface area contributed by atoms with Crippen LogP contribution in [0.1, 0.15) is 25.7 Å². The van der Waals surface area contributed by atoms with Crippen LogP contribution in [-0.2, 0) is 14.3 Å². The molecule has 0 aromatic carbocycles. The molecule has 7 heteroatoms. The van der Waals surface area contributed by atoms with Crippen LogP contribution >= 0.6 is 12.4 Å². The molecule has 2 saturated heterocycles. The summed E-state index contributed by atoms with van der Waals surface area (Å²) in [6.07, 6.45) is 3.01. The van der Waals surface area contributed by atoms with E-state index in [0.29, 0.717) is 26.0 Å². The van der Waals surface area contributed by atoms with Crippen LogP contribution in [0, 0.1) is 0 Å². The molecule has 0 spiro atoms. The second-order valence-corrected chi connectivity index (χ2v) is 5.12. The van der Waals surface area contributed by atoms with Crippen molar-refractivity contribution >= 4 is 24.2 Å². The van der Waals surface area contributed by atoms with Crippen molar-refractivity contribution in [3.8, 4) is 0 Å². The SMILES string of the molecule is COCCNC(=O)C1CCC(=O)N1C1CCNCC1.Cl. The maximum Gasteiger partial charge on any atom is 0.242 e. The molecule has 2 aliphatic rings. The van der Waals surface area contributed by atoms with E-state index in [1.165, 1.54) is 0 Å². The molecular formula is C13H24ClN3O3. The molecule has 2 amide bonds. The largest absolute Gasteiger partial charge is 0.383 e. The molecule has 2 aliphatic heterocycles. The van der Waals surface area contributed by atoms with Gasteiger partial charge in [0.25, 0.3) is 0 Å². The Balaban J connectivity index is 0.00000200. The smallest absolute Gasteiger partial charge is 0.242 e. The normalized spacial score (nSPS) is 23.6. The van der Waals surface area contributed by atoms with Crippen molar-refractivity contribution in [3.63, 3.8) is 0 Å². The number of nitrogens with one attached hydrogen (secondary N) is 2. The predicted octanol–water partition coefficient (Wildman–Crippen LogP) is -0.0862. The highest BCUT2D eigenvalue weighted by atomic mass is 35.5. The molecule has 0 aromatic rings. The van der Waals surface area contributed by atoms with Gasteiger partial charge in [-0.3, -0.25) is 9.59 Å². The van der Waals surface area contributed by atoms with Crippen molar-refractivity contribution in [2.24, 2.45) is 0 Å². The van der Waals surface area contributed by atoms with Crippen molar-refractivity contribution in [1.82, 2.24) is 15.5 Å². The molecule has 0 radical (unpaired) electrons. The molecule has 116 valence electrons. The highest BCUT2D eigenvalue weighted by Gasteiger charge is 2.40. The van der Waals surface area contributed by atoms with Crippen LogP contribution in [0.2, 0.25) is 0 Å². The Bertz CT molecular complexity index is 335. The van der Waals surface area contributed by atoms with Crippen molar-refractivity contribution in [2.45, 2.75) is 37.8 Å². The number of ether oxygens (including phenoxy) is 1. The molecule has 20 heavy (non-hydrogen) atoms. The molecule has 0 aromatic heterocycles. The average Bonchev–Trinajstić information content (AvgIpc) is 2.82. The van der Waals surface area contributed by atoms with Gasteiger partial charge in [0.1, 0.15) is 6.04 Å². The van der Waals surface area contributed by atoms with Gasteiger partial charge in [-0.2, -0.15) is 0 Å². The minimum absolute atomic E-state index is 0. The van der Waals surface area contributed by atoms with Crippen LogP contribution < -0.4 is 10.6 Å². The molecule has 2 N–H and O–H groups in total. The summed E-state index contributed by atoms with van der Waals surface area (Å²) in [5.74, 6) is 0.0835. The molecule has 0 saturated carbocycles. The Kier molecular flexibility index (Phi) is 7.26. The molecule has 1 unspecified atom stereocenters. The Hall–Kier alpha value is -0.850. The third-order valence-electron chi connectivity index (χ3n) is 3.87. The van der Waals surface area contributed by atoms with Gasteiger partial charge in [-0.15, -0.1) is 12.4 Å². The van der Waals surface area contributed by atoms with E-state index in [1.54, 1.807) is 7.11 Å². The van der Waals surface area contributed by atoms with Gasteiger partial charge in [0.2, 0.25) is 11.8 Å². The van der Waals surface area contributed by atoms with Crippen molar-refractivity contribution < 1.29 is 14.3 Å². The standard InChI is InChI=1S/C13H23N3O3.ClH/c1-19-9-8-15-13(18)11-2-3-12(17)16(11)10-4-6-14-7-5-10;/h10-11,14H,2-9H2,1H3,(H,15,18);1H. The molecule has 0 bridgehead atoms. The van der Waals surface area contributed by atoms with Gasteiger partial charge in [-0.1, -0.05) is 0 Å². The van der Waals surface area contributed by atoms with E-state index >= 15 is 0 Å². The number of piperidine rings is 1. The molecule has 2 heterocycles. The third-order valence-corrected chi connectivity index (χ3v) is 3.87. The highest BCUT2D eigenvalue weighted by molar-refractivity contribution is 5.91. The molecule has 0 aliphatic carbocycles. The Morgan fingerprint density at radius 2 is 2.10 bits per heavy atom. The summed E-state index contributed by atoms with van der Waals surface area (Å²) in [5, 5.41) is 6.13. The predicted molar refractivity (Wildman–Crippen MR) is 77.9 cm³/mol. The number of carbonyl (C=O) groups excluding carboxylic acids is 2. The van der Waals surface area contributed by atoms with E-state index < -0.39 is 0 Å². The Labute approximate surface area is 126 Å². The van der Waals surface area contributed by atoms with Crippen LogP contribution in [0.5, 0.6) is 0 Å². The number of likely N-dealkylation sites (tertiary alicyclic amines) is 1. The Morgan fingerprint density at radius 1 is 1.40 bits per heavy atom. The average molecular weight is 306 g/mol. The zero-order valence-corrected chi connectivity index (χ0v) is 12.7. The first-order valence-electron chi connectivity index (χ1n) is 7.02. The number of rotatable bonds is 5. The Morgan fingerprint density at radius 3 is 2.75 bits per heavy atom. The summed E-state index contributed by atoms with van der Waals surface area (Å²) in [7, 11) is 1.60.